The summed E-state index contributed by atoms with van der Waals surface area (Å²) in [5, 5.41) is 2.44. The Balaban J connectivity index is 3.64. The highest BCUT2D eigenvalue weighted by atomic mass is 32.2. The minimum atomic E-state index is -0.0880. The molecule has 0 saturated heterocycles. The molecule has 4 heteroatoms. The van der Waals surface area contributed by atoms with Crippen molar-refractivity contribution in [3.05, 3.63) is 0 Å². The van der Waals surface area contributed by atoms with Crippen LogP contribution in [-0.4, -0.2) is 31.0 Å². The second-order valence-electron chi connectivity index (χ2n) is 1.57. The number of carbonyl (C=O) groups excluding carboxylic acids is 1. The monoisotopic (exact) mass is 148 g/mol. The van der Waals surface area contributed by atoms with Gasteiger partial charge in [0.25, 0.3) is 0 Å². The van der Waals surface area contributed by atoms with E-state index >= 15 is 0 Å². The van der Waals surface area contributed by atoms with Crippen LogP contribution in [0.1, 0.15) is 0 Å². The SMILES string of the molecule is CNC(=O)C(CN)SC. The lowest BCUT2D eigenvalue weighted by molar-refractivity contribution is -0.119. The maximum absolute atomic E-state index is 10.8. The molecule has 0 bridgehead atoms. The van der Waals surface area contributed by atoms with Crippen LogP contribution in [0.15, 0.2) is 0 Å². The molecule has 0 spiro atoms. The van der Waals surface area contributed by atoms with Gasteiger partial charge in [-0.1, -0.05) is 0 Å². The number of nitrogens with one attached hydrogen (secondary N) is 1. The number of carbonyl (C=O) groups is 1. The highest BCUT2D eigenvalue weighted by Gasteiger charge is 2.11. The molecule has 0 heterocycles. The van der Waals surface area contributed by atoms with Crippen molar-refractivity contribution in [1.29, 1.82) is 0 Å². The maximum atomic E-state index is 10.8. The molecule has 9 heavy (non-hydrogen) atoms. The molecule has 0 aliphatic rings. The van der Waals surface area contributed by atoms with Gasteiger partial charge in [0.1, 0.15) is 0 Å². The van der Waals surface area contributed by atoms with Crippen molar-refractivity contribution in [3.8, 4) is 0 Å². The molecule has 1 atom stereocenters. The number of thioether (sulfide) groups is 1. The zero-order valence-electron chi connectivity index (χ0n) is 5.68. The van der Waals surface area contributed by atoms with E-state index in [1.807, 2.05) is 6.26 Å². The van der Waals surface area contributed by atoms with Crippen LogP contribution < -0.4 is 11.1 Å². The van der Waals surface area contributed by atoms with Crippen LogP contribution in [0.3, 0.4) is 0 Å². The predicted molar refractivity (Wildman–Crippen MR) is 40.4 cm³/mol. The summed E-state index contributed by atoms with van der Waals surface area (Å²) >= 11 is 1.47. The first-order valence-corrected chi connectivity index (χ1v) is 3.99. The summed E-state index contributed by atoms with van der Waals surface area (Å²) < 4.78 is 0. The Bertz CT molecular complexity index is 93.0. The molecule has 3 N–H and O–H groups in total. The van der Waals surface area contributed by atoms with Crippen LogP contribution in [0.2, 0.25) is 0 Å². The number of hydrogen-bond acceptors (Lipinski definition) is 3. The van der Waals surface area contributed by atoms with E-state index in [9.17, 15) is 4.79 Å². The third-order valence-corrected chi connectivity index (χ3v) is 2.01. The van der Waals surface area contributed by atoms with Gasteiger partial charge in [-0.05, 0) is 6.26 Å². The van der Waals surface area contributed by atoms with Crippen LogP contribution in [0.25, 0.3) is 0 Å². The average molecular weight is 148 g/mol. The van der Waals surface area contributed by atoms with Crippen LogP contribution >= 0.6 is 11.8 Å². The van der Waals surface area contributed by atoms with Gasteiger partial charge in [-0.2, -0.15) is 11.8 Å². The lowest BCUT2D eigenvalue weighted by Crippen LogP contribution is -2.34. The number of rotatable bonds is 3. The fourth-order valence-electron chi connectivity index (χ4n) is 0.471. The molecule has 0 aromatic carbocycles. The summed E-state index contributed by atoms with van der Waals surface area (Å²) in [6.45, 7) is 0.404. The van der Waals surface area contributed by atoms with Crippen molar-refractivity contribution >= 4 is 17.7 Å². The van der Waals surface area contributed by atoms with Gasteiger partial charge in [0.2, 0.25) is 5.91 Å². The normalized spacial score (nSPS) is 12.8. The van der Waals surface area contributed by atoms with Crippen molar-refractivity contribution in [2.75, 3.05) is 19.8 Å². The molecule has 0 saturated carbocycles. The average Bonchev–Trinajstić information content (AvgIpc) is 1.90. The molecular weight excluding hydrogens is 136 g/mol. The van der Waals surface area contributed by atoms with Crippen molar-refractivity contribution in [3.63, 3.8) is 0 Å². The molecule has 1 unspecified atom stereocenters. The molecule has 0 aliphatic heterocycles. The Kier molecular flexibility index (Phi) is 4.53. The topological polar surface area (TPSA) is 55.1 Å². The summed E-state index contributed by atoms with van der Waals surface area (Å²) in [7, 11) is 1.61. The summed E-state index contributed by atoms with van der Waals surface area (Å²) in [5.41, 5.74) is 5.28. The fourth-order valence-corrected chi connectivity index (χ4v) is 0.996. The zero-order valence-corrected chi connectivity index (χ0v) is 6.49. The predicted octanol–water partition coefficient (Wildman–Crippen LogP) is -0.577. The molecule has 0 aromatic rings. The van der Waals surface area contributed by atoms with Gasteiger partial charge in [0, 0.05) is 13.6 Å². The largest absolute Gasteiger partial charge is 0.358 e. The standard InChI is InChI=1S/C5H12N2OS/c1-7-5(8)4(3-6)9-2/h4H,3,6H2,1-2H3,(H,7,8). The first-order valence-electron chi connectivity index (χ1n) is 2.70. The van der Waals surface area contributed by atoms with Crippen LogP contribution in [0, 0.1) is 0 Å². The van der Waals surface area contributed by atoms with E-state index in [1.165, 1.54) is 11.8 Å². The van der Waals surface area contributed by atoms with Gasteiger partial charge in [0.15, 0.2) is 0 Å². The van der Waals surface area contributed by atoms with Crippen molar-refractivity contribution < 1.29 is 4.79 Å². The van der Waals surface area contributed by atoms with E-state index in [4.69, 9.17) is 5.73 Å². The van der Waals surface area contributed by atoms with Gasteiger partial charge >= 0.3 is 0 Å². The lowest BCUT2D eigenvalue weighted by Gasteiger charge is -2.07. The summed E-state index contributed by atoms with van der Waals surface area (Å²) in [6.07, 6.45) is 1.87. The Morgan fingerprint density at radius 1 is 1.89 bits per heavy atom. The van der Waals surface area contributed by atoms with Gasteiger partial charge < -0.3 is 11.1 Å². The van der Waals surface area contributed by atoms with E-state index < -0.39 is 0 Å². The van der Waals surface area contributed by atoms with E-state index in [2.05, 4.69) is 5.32 Å². The van der Waals surface area contributed by atoms with Crippen molar-refractivity contribution in [2.24, 2.45) is 5.73 Å². The second kappa shape index (κ2) is 4.64. The third kappa shape index (κ3) is 2.72. The summed E-state index contributed by atoms with van der Waals surface area (Å²) in [5.74, 6) is 0.00463. The fraction of sp³-hybridized carbons (Fsp3) is 0.800. The maximum Gasteiger partial charge on any atom is 0.234 e. The Morgan fingerprint density at radius 3 is 2.56 bits per heavy atom. The molecular formula is C5H12N2OS. The van der Waals surface area contributed by atoms with E-state index in [1.54, 1.807) is 7.05 Å². The van der Waals surface area contributed by atoms with Gasteiger partial charge in [-0.25, -0.2) is 0 Å². The summed E-state index contributed by atoms with van der Waals surface area (Å²) in [4.78, 5) is 10.8. The molecule has 0 fully saturated rings. The van der Waals surface area contributed by atoms with Crippen molar-refractivity contribution in [2.45, 2.75) is 5.25 Å². The third-order valence-electron chi connectivity index (χ3n) is 1.04. The van der Waals surface area contributed by atoms with Crippen LogP contribution in [0.5, 0.6) is 0 Å². The minimum absolute atomic E-state index is 0.00463. The molecule has 3 nitrogen and oxygen atoms in total. The van der Waals surface area contributed by atoms with E-state index in [0.29, 0.717) is 6.54 Å². The molecule has 0 radical (unpaired) electrons. The Morgan fingerprint density at radius 2 is 2.44 bits per heavy atom. The highest BCUT2D eigenvalue weighted by Crippen LogP contribution is 2.02. The Hall–Kier alpha value is -0.220. The summed E-state index contributed by atoms with van der Waals surface area (Å²) in [6, 6.07) is 0. The molecule has 0 rings (SSSR count). The number of amides is 1. The number of nitrogens with two attached hydrogens (primary N) is 1. The van der Waals surface area contributed by atoms with Gasteiger partial charge in [-0.3, -0.25) is 4.79 Å². The molecule has 0 aliphatic carbocycles. The van der Waals surface area contributed by atoms with E-state index in [-0.39, 0.29) is 11.2 Å². The zero-order chi connectivity index (χ0) is 7.28. The Labute approximate surface area is 59.4 Å². The smallest absolute Gasteiger partial charge is 0.234 e. The molecule has 0 aromatic heterocycles. The van der Waals surface area contributed by atoms with Crippen molar-refractivity contribution in [1.82, 2.24) is 5.32 Å². The van der Waals surface area contributed by atoms with E-state index in [0.717, 1.165) is 0 Å². The molecule has 1 amide bonds. The first kappa shape index (κ1) is 8.78. The number of hydrogen-bond donors (Lipinski definition) is 2. The quantitative estimate of drug-likeness (QED) is 0.563. The molecule has 54 valence electrons. The lowest BCUT2D eigenvalue weighted by atomic mass is 10.4. The van der Waals surface area contributed by atoms with Crippen LogP contribution in [-0.2, 0) is 4.79 Å². The first-order chi connectivity index (χ1) is 4.26. The van der Waals surface area contributed by atoms with Gasteiger partial charge in [-0.15, -0.1) is 0 Å². The minimum Gasteiger partial charge on any atom is -0.358 e. The van der Waals surface area contributed by atoms with Gasteiger partial charge in [0.05, 0.1) is 5.25 Å². The second-order valence-corrected chi connectivity index (χ2v) is 2.61. The van der Waals surface area contributed by atoms with Crippen LogP contribution in [0.4, 0.5) is 0 Å². The highest BCUT2D eigenvalue weighted by molar-refractivity contribution is 7.99.